The topological polar surface area (TPSA) is 0 Å². The highest BCUT2D eigenvalue weighted by molar-refractivity contribution is 4.52. The van der Waals surface area contributed by atoms with Crippen LogP contribution in [0.5, 0.6) is 0 Å². The second-order valence-electron chi connectivity index (χ2n) is 14.0. The van der Waals surface area contributed by atoms with Crippen molar-refractivity contribution in [3.05, 3.63) is 0 Å². The number of nitrogens with zero attached hydrogens (tertiary/aromatic N) is 1. The Kier molecular flexibility index (Phi) is 37.0. The van der Waals surface area contributed by atoms with Crippen LogP contribution in [-0.2, 0) is 0 Å². The van der Waals surface area contributed by atoms with Crippen molar-refractivity contribution < 1.29 is 4.48 Å². The number of rotatable bonds is 34. The van der Waals surface area contributed by atoms with Crippen LogP contribution in [0, 0.1) is 0 Å². The Balaban J connectivity index is 0. The maximum atomic E-state index is 2.47. The van der Waals surface area contributed by atoms with Crippen LogP contribution in [0.2, 0.25) is 0 Å². The quantitative estimate of drug-likeness (QED) is 0.0536. The van der Waals surface area contributed by atoms with E-state index in [0.717, 1.165) is 0 Å². The van der Waals surface area contributed by atoms with Crippen molar-refractivity contribution in [2.45, 2.75) is 227 Å². The molecule has 0 spiro atoms. The van der Waals surface area contributed by atoms with Gasteiger partial charge in [0.1, 0.15) is 0 Å². The molecule has 0 aromatic carbocycles. The minimum absolute atomic E-state index is 0. The van der Waals surface area contributed by atoms with Gasteiger partial charge in [0.15, 0.2) is 0 Å². The number of hydrogen-bond donors (Lipinski definition) is 0. The van der Waals surface area contributed by atoms with Gasteiger partial charge in [-0.1, -0.05) is 201 Å². The van der Waals surface area contributed by atoms with Gasteiger partial charge in [0, 0.05) is 0 Å². The van der Waals surface area contributed by atoms with Crippen LogP contribution in [0.15, 0.2) is 0 Å². The highest BCUT2D eigenvalue weighted by Crippen LogP contribution is 2.16. The molecule has 40 heavy (non-hydrogen) atoms. The third-order valence-corrected chi connectivity index (χ3v) is 9.23. The Hall–Kier alpha value is -0.0400. The van der Waals surface area contributed by atoms with Gasteiger partial charge in [0.05, 0.1) is 27.2 Å². The Labute approximate surface area is 258 Å². The first-order valence-electron chi connectivity index (χ1n) is 18.9. The fourth-order valence-electron chi connectivity index (χ4n) is 6.29. The smallest absolute Gasteiger partial charge is 0.0782 e. The van der Waals surface area contributed by atoms with Crippen LogP contribution in [0.1, 0.15) is 227 Å². The summed E-state index contributed by atoms with van der Waals surface area (Å²) in [5.41, 5.74) is 0. The molecular formula is C39H84N+. The molecule has 1 heteroatoms. The van der Waals surface area contributed by atoms with Gasteiger partial charge in [-0.2, -0.15) is 0 Å². The molecule has 0 amide bonds. The van der Waals surface area contributed by atoms with E-state index in [9.17, 15) is 0 Å². The first-order chi connectivity index (χ1) is 19.1. The van der Waals surface area contributed by atoms with E-state index >= 15 is 0 Å². The zero-order valence-corrected chi connectivity index (χ0v) is 28.5. The predicted octanol–water partition coefficient (Wildman–Crippen LogP) is 14.2. The fraction of sp³-hybridized carbons (Fsp3) is 1.00. The first-order valence-corrected chi connectivity index (χ1v) is 18.9. The molecule has 0 heterocycles. The molecule has 0 bridgehead atoms. The molecule has 0 N–H and O–H groups in total. The second kappa shape index (κ2) is 35.2. The highest BCUT2D eigenvalue weighted by Gasteiger charge is 2.13. The summed E-state index contributed by atoms with van der Waals surface area (Å²) in [7, 11) is 4.94. The largest absolute Gasteiger partial charge is 0.328 e. The van der Waals surface area contributed by atoms with E-state index in [4.69, 9.17) is 0 Å². The third kappa shape index (κ3) is 36.0. The Morgan fingerprint density at radius 3 is 0.575 bits per heavy atom. The molecule has 1 nitrogen and oxygen atoms in total. The van der Waals surface area contributed by atoms with Gasteiger partial charge in [-0.3, -0.25) is 0 Å². The maximum Gasteiger partial charge on any atom is 0.0782 e. The summed E-state index contributed by atoms with van der Waals surface area (Å²) in [6, 6.07) is 0. The average molecular weight is 567 g/mol. The lowest BCUT2D eigenvalue weighted by Gasteiger charge is -2.30. The van der Waals surface area contributed by atoms with Crippen molar-refractivity contribution >= 4 is 0 Å². The molecule has 0 aliphatic carbocycles. The lowest BCUT2D eigenvalue weighted by Crippen LogP contribution is -2.41. The van der Waals surface area contributed by atoms with Crippen LogP contribution in [0.25, 0.3) is 0 Å². The summed E-state index contributed by atoms with van der Waals surface area (Å²) in [6.45, 7) is 7.39. The van der Waals surface area contributed by atoms with Crippen molar-refractivity contribution in [2.75, 3.05) is 27.2 Å². The van der Waals surface area contributed by atoms with Gasteiger partial charge in [0.2, 0.25) is 0 Å². The van der Waals surface area contributed by atoms with Crippen LogP contribution < -0.4 is 0 Å². The number of hydrogen-bond acceptors (Lipinski definition) is 0. The Bertz CT molecular complexity index is 391. The van der Waals surface area contributed by atoms with Crippen LogP contribution >= 0.6 is 0 Å². The third-order valence-electron chi connectivity index (χ3n) is 9.23. The standard InChI is InChI=1S/C38H80N.CH4/c1-5-7-9-11-13-15-17-19-21-23-25-27-29-31-33-35-37-39(3,4)38-36-34-32-30-28-26-24-22-20-18-16-14-12-10-8-6-2;/h5-38H2,1-4H3;1H4/q+1;. The summed E-state index contributed by atoms with van der Waals surface area (Å²) in [6.07, 6.45) is 46.9. The van der Waals surface area contributed by atoms with Gasteiger partial charge in [-0.25, -0.2) is 0 Å². The van der Waals surface area contributed by atoms with Gasteiger partial charge in [-0.05, 0) is 25.7 Å². The summed E-state index contributed by atoms with van der Waals surface area (Å²) in [4.78, 5) is 0. The van der Waals surface area contributed by atoms with Crippen molar-refractivity contribution in [3.8, 4) is 0 Å². The van der Waals surface area contributed by atoms with Gasteiger partial charge < -0.3 is 4.48 Å². The maximum absolute atomic E-state index is 2.47. The Morgan fingerprint density at radius 2 is 0.400 bits per heavy atom. The molecule has 0 saturated carbocycles. The average Bonchev–Trinajstić information content (AvgIpc) is 2.92. The van der Waals surface area contributed by atoms with Crippen LogP contribution in [0.3, 0.4) is 0 Å². The normalized spacial score (nSPS) is 11.7. The first kappa shape index (κ1) is 42.1. The SMILES string of the molecule is C.CCCCCCCCCCCCCCCCCC[N+](C)(C)CCCCCCCCCCCCCCCCCC. The molecule has 0 rings (SSSR count). The lowest BCUT2D eigenvalue weighted by atomic mass is 10.0. The molecule has 0 radical (unpaired) electrons. The van der Waals surface area contributed by atoms with Crippen molar-refractivity contribution in [1.82, 2.24) is 0 Å². The van der Waals surface area contributed by atoms with Crippen molar-refractivity contribution in [2.24, 2.45) is 0 Å². The van der Waals surface area contributed by atoms with Gasteiger partial charge in [0.25, 0.3) is 0 Å². The molecule has 0 aromatic rings. The molecule has 244 valence electrons. The molecule has 0 atom stereocenters. The number of unbranched alkanes of at least 4 members (excludes halogenated alkanes) is 30. The van der Waals surface area contributed by atoms with Crippen LogP contribution in [0.4, 0.5) is 0 Å². The molecule has 0 aliphatic rings. The minimum atomic E-state index is 0. The highest BCUT2D eigenvalue weighted by atomic mass is 15.3. The Morgan fingerprint density at radius 1 is 0.250 bits per heavy atom. The van der Waals surface area contributed by atoms with E-state index in [0.29, 0.717) is 0 Å². The molecular weight excluding hydrogens is 482 g/mol. The summed E-state index contributed by atoms with van der Waals surface area (Å²) < 4.78 is 1.25. The molecule has 0 aliphatic heterocycles. The van der Waals surface area contributed by atoms with E-state index < -0.39 is 0 Å². The van der Waals surface area contributed by atoms with Crippen molar-refractivity contribution in [3.63, 3.8) is 0 Å². The summed E-state index contributed by atoms with van der Waals surface area (Å²) >= 11 is 0. The van der Waals surface area contributed by atoms with E-state index in [1.165, 1.54) is 223 Å². The molecule has 0 saturated heterocycles. The van der Waals surface area contributed by atoms with E-state index in [1.54, 1.807) is 0 Å². The van der Waals surface area contributed by atoms with Crippen molar-refractivity contribution in [1.29, 1.82) is 0 Å². The van der Waals surface area contributed by atoms with Gasteiger partial charge in [-0.15, -0.1) is 0 Å². The number of quaternary nitrogens is 1. The lowest BCUT2D eigenvalue weighted by molar-refractivity contribution is -0.890. The van der Waals surface area contributed by atoms with E-state index in [1.807, 2.05) is 0 Å². The molecule has 0 aromatic heterocycles. The van der Waals surface area contributed by atoms with Crippen LogP contribution in [-0.4, -0.2) is 31.7 Å². The van der Waals surface area contributed by atoms with Gasteiger partial charge >= 0.3 is 0 Å². The monoisotopic (exact) mass is 567 g/mol. The zero-order valence-electron chi connectivity index (χ0n) is 28.5. The zero-order chi connectivity index (χ0) is 28.5. The molecule has 0 unspecified atom stereocenters. The summed E-state index contributed by atoms with van der Waals surface area (Å²) in [5.74, 6) is 0. The minimum Gasteiger partial charge on any atom is -0.328 e. The van der Waals surface area contributed by atoms with E-state index in [2.05, 4.69) is 27.9 Å². The predicted molar refractivity (Wildman–Crippen MR) is 188 cm³/mol. The summed E-state index contributed by atoms with van der Waals surface area (Å²) in [5, 5.41) is 0. The second-order valence-corrected chi connectivity index (χ2v) is 14.0. The fourth-order valence-corrected chi connectivity index (χ4v) is 6.29. The van der Waals surface area contributed by atoms with E-state index in [-0.39, 0.29) is 7.43 Å². The molecule has 0 fully saturated rings.